The van der Waals surface area contributed by atoms with E-state index in [0.717, 1.165) is 19.3 Å². The van der Waals surface area contributed by atoms with Gasteiger partial charge >= 0.3 is 0 Å². The quantitative estimate of drug-likeness (QED) is 0.654. The molecule has 0 bridgehead atoms. The maximum atomic E-state index is 13.4. The highest BCUT2D eigenvalue weighted by Crippen LogP contribution is 2.20. The van der Waals surface area contributed by atoms with Gasteiger partial charge in [-0.3, -0.25) is 0 Å². The Balaban J connectivity index is 2.35. The Kier molecular flexibility index (Phi) is 4.36. The van der Waals surface area contributed by atoms with E-state index in [-0.39, 0.29) is 0 Å². The highest BCUT2D eigenvalue weighted by molar-refractivity contribution is 5.01. The van der Waals surface area contributed by atoms with Crippen molar-refractivity contribution in [2.75, 3.05) is 0 Å². The summed E-state index contributed by atoms with van der Waals surface area (Å²) in [7, 11) is 0. The molecule has 1 rings (SSSR count). The van der Waals surface area contributed by atoms with Crippen molar-refractivity contribution in [2.24, 2.45) is 0 Å². The number of rotatable bonds is 5. The number of alkyl halides is 1. The van der Waals surface area contributed by atoms with Crippen LogP contribution in [0.25, 0.3) is 0 Å². The first-order valence-electron chi connectivity index (χ1n) is 4.74. The first kappa shape index (κ1) is 10.1. The van der Waals surface area contributed by atoms with Gasteiger partial charge in [-0.25, -0.2) is 14.4 Å². The average Bonchev–Trinajstić information content (AvgIpc) is 2.19. The van der Waals surface area contributed by atoms with Crippen LogP contribution in [0, 0.1) is 0 Å². The predicted molar refractivity (Wildman–Crippen MR) is 50.0 cm³/mol. The summed E-state index contributed by atoms with van der Waals surface area (Å²) >= 11 is 0. The van der Waals surface area contributed by atoms with Crippen LogP contribution in [0.2, 0.25) is 0 Å². The number of nitrogens with zero attached hydrogens (tertiary/aromatic N) is 2. The van der Waals surface area contributed by atoms with Gasteiger partial charge in [0.15, 0.2) is 0 Å². The second kappa shape index (κ2) is 5.62. The van der Waals surface area contributed by atoms with Crippen molar-refractivity contribution in [1.82, 2.24) is 9.97 Å². The van der Waals surface area contributed by atoms with Crippen molar-refractivity contribution in [1.29, 1.82) is 0 Å². The summed E-state index contributed by atoms with van der Waals surface area (Å²) in [5.74, 6) is 0. The van der Waals surface area contributed by atoms with Gasteiger partial charge in [-0.05, 0) is 12.5 Å². The zero-order valence-corrected chi connectivity index (χ0v) is 7.91. The summed E-state index contributed by atoms with van der Waals surface area (Å²) in [4.78, 5) is 7.62. The Morgan fingerprint density at radius 1 is 1.46 bits per heavy atom. The molecule has 0 aliphatic rings. The van der Waals surface area contributed by atoms with Crippen LogP contribution in [-0.2, 0) is 0 Å². The van der Waals surface area contributed by atoms with Crippen LogP contribution in [0.5, 0.6) is 0 Å². The highest BCUT2D eigenvalue weighted by Gasteiger charge is 2.09. The van der Waals surface area contributed by atoms with Crippen molar-refractivity contribution < 1.29 is 4.39 Å². The van der Waals surface area contributed by atoms with Crippen molar-refractivity contribution in [3.05, 3.63) is 24.3 Å². The fourth-order valence-electron chi connectivity index (χ4n) is 1.21. The lowest BCUT2D eigenvalue weighted by atomic mass is 10.1. The third kappa shape index (κ3) is 3.49. The molecular weight excluding hydrogens is 167 g/mol. The molecule has 0 aliphatic carbocycles. The van der Waals surface area contributed by atoms with E-state index >= 15 is 0 Å². The molecule has 0 saturated carbocycles. The molecule has 0 amide bonds. The molecule has 2 nitrogen and oxygen atoms in total. The Morgan fingerprint density at radius 2 is 2.31 bits per heavy atom. The molecule has 13 heavy (non-hydrogen) atoms. The van der Waals surface area contributed by atoms with Gasteiger partial charge in [0.2, 0.25) is 0 Å². The molecule has 1 aromatic heterocycles. The summed E-state index contributed by atoms with van der Waals surface area (Å²) in [6.45, 7) is 2.11. The molecule has 0 aliphatic heterocycles. The van der Waals surface area contributed by atoms with E-state index in [2.05, 4.69) is 16.9 Å². The molecule has 0 aromatic carbocycles. The third-order valence-corrected chi connectivity index (χ3v) is 1.99. The molecule has 0 N–H and O–H groups in total. The number of halogens is 1. The molecular formula is C10H15FN2. The maximum Gasteiger partial charge on any atom is 0.142 e. The Hall–Kier alpha value is -0.990. The molecule has 72 valence electrons. The lowest BCUT2D eigenvalue weighted by Gasteiger charge is -2.05. The molecule has 0 radical (unpaired) electrons. The van der Waals surface area contributed by atoms with Crippen LogP contribution >= 0.6 is 0 Å². The largest absolute Gasteiger partial charge is 0.245 e. The summed E-state index contributed by atoms with van der Waals surface area (Å²) in [6, 6.07) is 1.64. The Bertz CT molecular complexity index is 226. The number of hydrogen-bond acceptors (Lipinski definition) is 2. The van der Waals surface area contributed by atoms with Crippen LogP contribution < -0.4 is 0 Å². The third-order valence-electron chi connectivity index (χ3n) is 1.99. The molecule has 1 atom stereocenters. The second-order valence-corrected chi connectivity index (χ2v) is 3.10. The SMILES string of the molecule is CCCCCC(F)c1ccncn1. The first-order chi connectivity index (χ1) is 6.34. The summed E-state index contributed by atoms with van der Waals surface area (Å²) in [6.07, 6.45) is 5.76. The average molecular weight is 182 g/mol. The topological polar surface area (TPSA) is 25.8 Å². The van der Waals surface area contributed by atoms with Gasteiger partial charge < -0.3 is 0 Å². The van der Waals surface area contributed by atoms with Gasteiger partial charge in [0.1, 0.15) is 12.5 Å². The van der Waals surface area contributed by atoms with E-state index in [1.807, 2.05) is 0 Å². The van der Waals surface area contributed by atoms with Crippen LogP contribution in [0.3, 0.4) is 0 Å². The van der Waals surface area contributed by atoms with Crippen LogP contribution in [0.1, 0.15) is 44.5 Å². The van der Waals surface area contributed by atoms with E-state index in [1.54, 1.807) is 12.3 Å². The van der Waals surface area contributed by atoms with Crippen molar-refractivity contribution in [3.8, 4) is 0 Å². The number of hydrogen-bond donors (Lipinski definition) is 0. The zero-order chi connectivity index (χ0) is 9.52. The fraction of sp³-hybridized carbons (Fsp3) is 0.600. The molecule has 1 unspecified atom stereocenters. The van der Waals surface area contributed by atoms with Crippen molar-refractivity contribution in [2.45, 2.75) is 38.8 Å². The van der Waals surface area contributed by atoms with Gasteiger partial charge in [0.05, 0.1) is 5.69 Å². The van der Waals surface area contributed by atoms with Crippen molar-refractivity contribution >= 4 is 0 Å². The van der Waals surface area contributed by atoms with Crippen LogP contribution in [0.15, 0.2) is 18.6 Å². The lowest BCUT2D eigenvalue weighted by Crippen LogP contribution is -1.95. The van der Waals surface area contributed by atoms with Crippen molar-refractivity contribution in [3.63, 3.8) is 0 Å². The van der Waals surface area contributed by atoms with E-state index in [9.17, 15) is 4.39 Å². The number of unbranched alkanes of at least 4 members (excludes halogenated alkanes) is 2. The fourth-order valence-corrected chi connectivity index (χ4v) is 1.21. The minimum absolute atomic E-state index is 0.506. The van der Waals surface area contributed by atoms with Crippen LogP contribution in [0.4, 0.5) is 4.39 Å². The Morgan fingerprint density at radius 3 is 2.92 bits per heavy atom. The van der Waals surface area contributed by atoms with E-state index < -0.39 is 6.17 Å². The van der Waals surface area contributed by atoms with Gasteiger partial charge in [-0.2, -0.15) is 0 Å². The van der Waals surface area contributed by atoms with E-state index in [0.29, 0.717) is 12.1 Å². The molecule has 1 aromatic rings. The van der Waals surface area contributed by atoms with E-state index in [4.69, 9.17) is 0 Å². The monoisotopic (exact) mass is 182 g/mol. The normalized spacial score (nSPS) is 12.8. The Labute approximate surface area is 78.2 Å². The van der Waals surface area contributed by atoms with Gasteiger partial charge in [-0.15, -0.1) is 0 Å². The first-order valence-corrected chi connectivity index (χ1v) is 4.74. The minimum Gasteiger partial charge on any atom is -0.245 e. The standard InChI is InChI=1S/C10H15FN2/c1-2-3-4-5-9(11)10-6-7-12-8-13-10/h6-9H,2-5H2,1H3. The lowest BCUT2D eigenvalue weighted by molar-refractivity contribution is 0.306. The summed E-state index contributed by atoms with van der Waals surface area (Å²) in [5.41, 5.74) is 0.506. The molecule has 1 heterocycles. The molecule has 0 spiro atoms. The number of aromatic nitrogens is 2. The van der Waals surface area contributed by atoms with Gasteiger partial charge in [0.25, 0.3) is 0 Å². The smallest absolute Gasteiger partial charge is 0.142 e. The second-order valence-electron chi connectivity index (χ2n) is 3.10. The minimum atomic E-state index is -0.922. The summed E-state index contributed by atoms with van der Waals surface area (Å²) < 4.78 is 13.4. The van der Waals surface area contributed by atoms with Gasteiger partial charge in [-0.1, -0.05) is 26.2 Å². The van der Waals surface area contributed by atoms with Crippen LogP contribution in [-0.4, -0.2) is 9.97 Å². The maximum absolute atomic E-state index is 13.4. The zero-order valence-electron chi connectivity index (χ0n) is 7.91. The molecule has 0 saturated heterocycles. The van der Waals surface area contributed by atoms with Gasteiger partial charge in [0, 0.05) is 6.20 Å². The molecule has 3 heteroatoms. The predicted octanol–water partition coefficient (Wildman–Crippen LogP) is 3.07. The molecule has 0 fully saturated rings. The van der Waals surface area contributed by atoms with E-state index in [1.165, 1.54) is 6.33 Å². The highest BCUT2D eigenvalue weighted by atomic mass is 19.1. The summed E-state index contributed by atoms with van der Waals surface area (Å²) in [5, 5.41) is 0.